The summed E-state index contributed by atoms with van der Waals surface area (Å²) in [6.07, 6.45) is 4.63. The Morgan fingerprint density at radius 2 is 1.97 bits per heavy atom. The van der Waals surface area contributed by atoms with Gasteiger partial charge < -0.3 is 16.2 Å². The molecule has 0 aliphatic heterocycles. The van der Waals surface area contributed by atoms with Gasteiger partial charge in [0.25, 0.3) is 0 Å². The zero-order chi connectivity index (χ0) is 22.1. The molecule has 31 heavy (non-hydrogen) atoms. The fraction of sp³-hybridized carbons (Fsp3) is 0.200. The number of rotatable bonds is 4. The van der Waals surface area contributed by atoms with Crippen molar-refractivity contribution in [3.8, 4) is 11.5 Å². The number of nitrogens with zero attached hydrogens (tertiary/aromatic N) is 7. The standard InChI is InChI=1S/C20H21N9O2/c1-11-7-12(9-23-8-11)10-29-19-13(5-4-6-24-19)14(27-29)18-25-16(21)15(17(22)26-18)28(2)20(30)31-3/h4-9H,10H2,1-3H3,(H4,21,22,25,26). The van der Waals surface area contributed by atoms with Gasteiger partial charge in [0.15, 0.2) is 23.1 Å². The van der Waals surface area contributed by atoms with E-state index in [0.29, 0.717) is 17.9 Å². The molecule has 0 aliphatic carbocycles. The average molecular weight is 419 g/mol. The Hall–Kier alpha value is -4.28. The molecular weight excluding hydrogens is 398 g/mol. The van der Waals surface area contributed by atoms with Gasteiger partial charge in [-0.1, -0.05) is 6.07 Å². The van der Waals surface area contributed by atoms with Crippen molar-refractivity contribution in [2.45, 2.75) is 13.5 Å². The molecule has 0 radical (unpaired) electrons. The maximum Gasteiger partial charge on any atom is 0.413 e. The minimum atomic E-state index is -0.638. The molecule has 4 aromatic rings. The van der Waals surface area contributed by atoms with Gasteiger partial charge in [-0.05, 0) is 30.2 Å². The van der Waals surface area contributed by atoms with Gasteiger partial charge in [-0.15, -0.1) is 0 Å². The normalized spacial score (nSPS) is 10.9. The van der Waals surface area contributed by atoms with E-state index in [1.807, 2.05) is 19.1 Å². The van der Waals surface area contributed by atoms with E-state index in [9.17, 15) is 4.79 Å². The molecule has 4 heterocycles. The first kappa shape index (κ1) is 20.0. The van der Waals surface area contributed by atoms with Crippen LogP contribution in [-0.2, 0) is 11.3 Å². The molecule has 158 valence electrons. The number of anilines is 3. The van der Waals surface area contributed by atoms with Gasteiger partial charge in [-0.3, -0.25) is 9.88 Å². The first-order chi connectivity index (χ1) is 14.9. The van der Waals surface area contributed by atoms with E-state index in [2.05, 4.69) is 25.0 Å². The van der Waals surface area contributed by atoms with E-state index < -0.39 is 6.09 Å². The summed E-state index contributed by atoms with van der Waals surface area (Å²) in [5.41, 5.74) is 15.6. The summed E-state index contributed by atoms with van der Waals surface area (Å²) in [4.78, 5) is 30.4. The summed E-state index contributed by atoms with van der Waals surface area (Å²) in [6, 6.07) is 5.71. The number of hydrogen-bond donors (Lipinski definition) is 2. The summed E-state index contributed by atoms with van der Waals surface area (Å²) in [5.74, 6) is 0.297. The lowest BCUT2D eigenvalue weighted by Gasteiger charge is -2.18. The summed E-state index contributed by atoms with van der Waals surface area (Å²) in [5, 5.41) is 5.42. The summed E-state index contributed by atoms with van der Waals surface area (Å²) < 4.78 is 6.46. The van der Waals surface area contributed by atoms with Gasteiger partial charge in [0, 0.05) is 25.6 Å². The number of pyridine rings is 2. The fourth-order valence-electron chi connectivity index (χ4n) is 3.33. The van der Waals surface area contributed by atoms with Crippen molar-refractivity contribution in [3.63, 3.8) is 0 Å². The van der Waals surface area contributed by atoms with Crippen LogP contribution in [0.5, 0.6) is 0 Å². The van der Waals surface area contributed by atoms with Crippen molar-refractivity contribution >= 4 is 34.4 Å². The number of aryl methyl sites for hydroxylation is 1. The fourth-order valence-corrected chi connectivity index (χ4v) is 3.33. The molecular formula is C20H21N9O2. The van der Waals surface area contributed by atoms with Crippen molar-refractivity contribution in [1.82, 2.24) is 29.7 Å². The molecule has 4 N–H and O–H groups in total. The van der Waals surface area contributed by atoms with E-state index in [-0.39, 0.29) is 23.1 Å². The number of carbonyl (C=O) groups excluding carboxylic acids is 1. The van der Waals surface area contributed by atoms with Crippen LogP contribution in [0.15, 0.2) is 36.8 Å². The number of methoxy groups -OCH3 is 1. The van der Waals surface area contributed by atoms with Crippen LogP contribution in [0.2, 0.25) is 0 Å². The van der Waals surface area contributed by atoms with Crippen LogP contribution in [0.25, 0.3) is 22.6 Å². The second-order valence-corrected chi connectivity index (χ2v) is 6.95. The molecule has 0 unspecified atom stereocenters. The third-order valence-corrected chi connectivity index (χ3v) is 4.70. The number of hydrogen-bond acceptors (Lipinski definition) is 9. The summed E-state index contributed by atoms with van der Waals surface area (Å²) in [7, 11) is 2.73. The Labute approximate surface area is 177 Å². The Balaban J connectivity index is 1.81. The largest absolute Gasteiger partial charge is 0.452 e. The SMILES string of the molecule is COC(=O)N(C)c1c(N)nc(-c2nn(Cc3cncc(C)c3)c3ncccc23)nc1N. The Morgan fingerprint density at radius 3 is 2.65 bits per heavy atom. The second kappa shape index (κ2) is 7.86. The molecule has 4 aromatic heterocycles. The summed E-state index contributed by atoms with van der Waals surface area (Å²) in [6.45, 7) is 2.45. The zero-order valence-electron chi connectivity index (χ0n) is 17.3. The van der Waals surface area contributed by atoms with Gasteiger partial charge in [-0.25, -0.2) is 24.4 Å². The molecule has 1 amide bonds. The number of nitrogen functional groups attached to an aromatic ring is 2. The van der Waals surface area contributed by atoms with Crippen molar-refractivity contribution in [2.24, 2.45) is 0 Å². The third-order valence-electron chi connectivity index (χ3n) is 4.70. The van der Waals surface area contributed by atoms with Crippen molar-refractivity contribution in [3.05, 3.63) is 47.9 Å². The molecule has 0 aliphatic rings. The highest BCUT2D eigenvalue weighted by atomic mass is 16.5. The predicted octanol–water partition coefficient (Wildman–Crippen LogP) is 2.01. The molecule has 0 spiro atoms. The van der Waals surface area contributed by atoms with Crippen LogP contribution in [0.3, 0.4) is 0 Å². The Morgan fingerprint density at radius 1 is 1.23 bits per heavy atom. The minimum Gasteiger partial charge on any atom is -0.452 e. The molecule has 0 fully saturated rings. The molecule has 0 saturated carbocycles. The van der Waals surface area contributed by atoms with E-state index in [1.54, 1.807) is 29.3 Å². The van der Waals surface area contributed by atoms with Crippen LogP contribution in [-0.4, -0.2) is 50.0 Å². The maximum atomic E-state index is 11.9. The number of aromatic nitrogens is 6. The van der Waals surface area contributed by atoms with E-state index in [0.717, 1.165) is 21.4 Å². The summed E-state index contributed by atoms with van der Waals surface area (Å²) >= 11 is 0. The minimum absolute atomic E-state index is 0.0323. The van der Waals surface area contributed by atoms with E-state index >= 15 is 0 Å². The van der Waals surface area contributed by atoms with E-state index in [1.165, 1.54) is 14.2 Å². The number of ether oxygens (including phenoxy) is 1. The average Bonchev–Trinajstić information content (AvgIpc) is 3.11. The molecule has 11 nitrogen and oxygen atoms in total. The van der Waals surface area contributed by atoms with Gasteiger partial charge in [0.2, 0.25) is 0 Å². The topological polar surface area (TPSA) is 151 Å². The highest BCUT2D eigenvalue weighted by molar-refractivity contribution is 5.96. The molecule has 11 heteroatoms. The van der Waals surface area contributed by atoms with Gasteiger partial charge >= 0.3 is 6.09 Å². The lowest BCUT2D eigenvalue weighted by molar-refractivity contribution is 0.180. The van der Waals surface area contributed by atoms with Crippen LogP contribution < -0.4 is 16.4 Å². The highest BCUT2D eigenvalue weighted by Gasteiger charge is 2.23. The number of carbonyl (C=O) groups is 1. The molecule has 0 saturated heterocycles. The van der Waals surface area contributed by atoms with Gasteiger partial charge in [0.1, 0.15) is 11.4 Å². The van der Waals surface area contributed by atoms with Crippen LogP contribution in [0.4, 0.5) is 22.1 Å². The van der Waals surface area contributed by atoms with Crippen molar-refractivity contribution in [1.29, 1.82) is 0 Å². The first-order valence-electron chi connectivity index (χ1n) is 9.36. The monoisotopic (exact) mass is 419 g/mol. The maximum absolute atomic E-state index is 11.9. The number of amides is 1. The number of nitrogens with two attached hydrogens (primary N) is 2. The number of fused-ring (bicyclic) bond motifs is 1. The highest BCUT2D eigenvalue weighted by Crippen LogP contribution is 2.32. The second-order valence-electron chi connectivity index (χ2n) is 6.95. The lowest BCUT2D eigenvalue weighted by atomic mass is 10.2. The van der Waals surface area contributed by atoms with Crippen LogP contribution >= 0.6 is 0 Å². The van der Waals surface area contributed by atoms with Crippen LogP contribution in [0.1, 0.15) is 11.1 Å². The smallest absolute Gasteiger partial charge is 0.413 e. The molecule has 0 atom stereocenters. The van der Waals surface area contributed by atoms with Crippen LogP contribution in [0, 0.1) is 6.92 Å². The Kier molecular flexibility index (Phi) is 5.07. The predicted molar refractivity (Wildman–Crippen MR) is 116 cm³/mol. The molecule has 0 bridgehead atoms. The van der Waals surface area contributed by atoms with Gasteiger partial charge in [-0.2, -0.15) is 5.10 Å². The first-order valence-corrected chi connectivity index (χ1v) is 9.36. The zero-order valence-corrected chi connectivity index (χ0v) is 17.3. The Bertz CT molecular complexity index is 1260. The van der Waals surface area contributed by atoms with E-state index in [4.69, 9.17) is 16.2 Å². The van der Waals surface area contributed by atoms with Gasteiger partial charge in [0.05, 0.1) is 19.0 Å². The van der Waals surface area contributed by atoms with Crippen molar-refractivity contribution in [2.75, 3.05) is 30.5 Å². The quantitative estimate of drug-likeness (QED) is 0.506. The lowest BCUT2D eigenvalue weighted by Crippen LogP contribution is -2.28. The van der Waals surface area contributed by atoms with Crippen molar-refractivity contribution < 1.29 is 9.53 Å². The molecule has 4 rings (SSSR count). The third kappa shape index (κ3) is 3.68. The molecule has 0 aromatic carbocycles.